The summed E-state index contributed by atoms with van der Waals surface area (Å²) in [5.74, 6) is 2.38. The van der Waals surface area contributed by atoms with E-state index in [-0.39, 0.29) is 0 Å². The molecule has 0 aliphatic heterocycles. The lowest BCUT2D eigenvalue weighted by molar-refractivity contribution is -0.121. The molecule has 1 rings (SSSR count). The Labute approximate surface area is 98.4 Å². The smallest absolute Gasteiger partial charge is 0.145 e. The normalized spacial score (nSPS) is 27.7. The second-order valence-electron chi connectivity index (χ2n) is 5.81. The van der Waals surface area contributed by atoms with Crippen LogP contribution < -0.4 is 0 Å². The van der Waals surface area contributed by atoms with Gasteiger partial charge in [0.1, 0.15) is 5.78 Å². The fourth-order valence-electron chi connectivity index (χ4n) is 2.54. The van der Waals surface area contributed by atoms with E-state index in [0.717, 1.165) is 18.8 Å². The lowest BCUT2D eigenvalue weighted by Crippen LogP contribution is -2.29. The lowest BCUT2D eigenvalue weighted by atomic mass is 9.69. The summed E-state index contributed by atoms with van der Waals surface area (Å²) in [6.07, 6.45) is 6.75. The maximum absolute atomic E-state index is 11.7. The molecule has 0 unspecified atom stereocenters. The molecule has 0 amide bonds. The van der Waals surface area contributed by atoms with E-state index < -0.39 is 0 Å². The van der Waals surface area contributed by atoms with Gasteiger partial charge in [0, 0.05) is 5.92 Å². The van der Waals surface area contributed by atoms with Gasteiger partial charge >= 0.3 is 0 Å². The summed E-state index contributed by atoms with van der Waals surface area (Å²) in [6.45, 7) is 6.96. The highest BCUT2D eigenvalue weighted by molar-refractivity contribution is 7.99. The van der Waals surface area contributed by atoms with Gasteiger partial charge < -0.3 is 0 Å². The molecule has 0 aromatic heterocycles. The molecule has 0 aromatic rings. The molecule has 88 valence electrons. The molecule has 15 heavy (non-hydrogen) atoms. The van der Waals surface area contributed by atoms with E-state index in [1.807, 2.05) is 6.26 Å². The summed E-state index contributed by atoms with van der Waals surface area (Å²) < 4.78 is 0. The van der Waals surface area contributed by atoms with Crippen molar-refractivity contribution in [3.8, 4) is 0 Å². The highest BCUT2D eigenvalue weighted by Gasteiger charge is 2.31. The molecule has 0 radical (unpaired) electrons. The van der Waals surface area contributed by atoms with Gasteiger partial charge in [0.2, 0.25) is 0 Å². The van der Waals surface area contributed by atoms with Gasteiger partial charge in [-0.3, -0.25) is 4.79 Å². The number of hydrogen-bond donors (Lipinski definition) is 0. The largest absolute Gasteiger partial charge is 0.298 e. The van der Waals surface area contributed by atoms with Crippen molar-refractivity contribution in [3.63, 3.8) is 0 Å². The molecule has 0 saturated heterocycles. The molecule has 0 spiro atoms. The zero-order chi connectivity index (χ0) is 11.5. The molecular formula is C13H24OS. The molecule has 0 bridgehead atoms. The van der Waals surface area contributed by atoms with Gasteiger partial charge in [-0.25, -0.2) is 0 Å². The molecule has 0 heterocycles. The van der Waals surface area contributed by atoms with E-state index >= 15 is 0 Å². The Kier molecular flexibility index (Phi) is 4.69. The lowest BCUT2D eigenvalue weighted by Gasteiger charge is -2.36. The Bertz CT molecular complexity index is 209. The topological polar surface area (TPSA) is 17.1 Å². The minimum atomic E-state index is 0.371. The molecule has 2 heteroatoms. The molecular weight excluding hydrogens is 204 g/mol. The summed E-state index contributed by atoms with van der Waals surface area (Å²) >= 11 is 1.66. The summed E-state index contributed by atoms with van der Waals surface area (Å²) in [6, 6.07) is 0. The molecule has 1 fully saturated rings. The maximum Gasteiger partial charge on any atom is 0.145 e. The molecule has 1 nitrogen and oxygen atoms in total. The minimum Gasteiger partial charge on any atom is -0.298 e. The zero-order valence-corrected chi connectivity index (χ0v) is 11.3. The number of ketones is 1. The quantitative estimate of drug-likeness (QED) is 0.731. The van der Waals surface area contributed by atoms with Crippen molar-refractivity contribution in [2.24, 2.45) is 17.3 Å². The van der Waals surface area contributed by atoms with E-state index in [9.17, 15) is 4.79 Å². The SMILES string of the molecule is CSCC(=O)C1CCC(C(C)(C)C)CC1. The molecule has 0 atom stereocenters. The Morgan fingerprint density at radius 2 is 1.73 bits per heavy atom. The maximum atomic E-state index is 11.7. The number of thioether (sulfide) groups is 1. The molecule has 1 aliphatic carbocycles. The predicted molar refractivity (Wildman–Crippen MR) is 68.3 cm³/mol. The van der Waals surface area contributed by atoms with Gasteiger partial charge in [-0.15, -0.1) is 0 Å². The van der Waals surface area contributed by atoms with Crippen LogP contribution in [0, 0.1) is 17.3 Å². The third-order valence-electron chi connectivity index (χ3n) is 3.69. The first kappa shape index (κ1) is 13.1. The van der Waals surface area contributed by atoms with Crippen LogP contribution in [0.1, 0.15) is 46.5 Å². The third-order valence-corrected chi connectivity index (χ3v) is 4.27. The van der Waals surface area contributed by atoms with E-state index in [1.165, 1.54) is 12.8 Å². The van der Waals surface area contributed by atoms with E-state index in [1.54, 1.807) is 11.8 Å². The molecule has 1 aliphatic rings. The summed E-state index contributed by atoms with van der Waals surface area (Å²) in [4.78, 5) is 11.7. The van der Waals surface area contributed by atoms with Crippen LogP contribution in [0.15, 0.2) is 0 Å². The van der Waals surface area contributed by atoms with Gasteiger partial charge in [0.25, 0.3) is 0 Å². The van der Waals surface area contributed by atoms with E-state index in [2.05, 4.69) is 20.8 Å². The monoisotopic (exact) mass is 228 g/mol. The average molecular weight is 228 g/mol. The van der Waals surface area contributed by atoms with Gasteiger partial charge in [-0.2, -0.15) is 11.8 Å². The first-order chi connectivity index (χ1) is 6.95. The number of carbonyl (C=O) groups is 1. The van der Waals surface area contributed by atoms with Crippen molar-refractivity contribution in [3.05, 3.63) is 0 Å². The van der Waals surface area contributed by atoms with Crippen LogP contribution in [0.3, 0.4) is 0 Å². The van der Waals surface area contributed by atoms with Crippen molar-refractivity contribution < 1.29 is 4.79 Å². The van der Waals surface area contributed by atoms with Crippen molar-refractivity contribution in [1.29, 1.82) is 0 Å². The van der Waals surface area contributed by atoms with Crippen LogP contribution in [0.4, 0.5) is 0 Å². The molecule has 1 saturated carbocycles. The van der Waals surface area contributed by atoms with Crippen molar-refractivity contribution >= 4 is 17.5 Å². The highest BCUT2D eigenvalue weighted by atomic mass is 32.2. The standard InChI is InChI=1S/C13H24OS/c1-13(2,3)11-7-5-10(6-8-11)12(14)9-15-4/h10-11H,5-9H2,1-4H3. The fraction of sp³-hybridized carbons (Fsp3) is 0.923. The van der Waals surface area contributed by atoms with Crippen LogP contribution in [-0.2, 0) is 4.79 Å². The van der Waals surface area contributed by atoms with Crippen molar-refractivity contribution in [2.45, 2.75) is 46.5 Å². The summed E-state index contributed by atoms with van der Waals surface area (Å²) in [7, 11) is 0. The number of Topliss-reactive ketones (excluding diaryl/α,β-unsaturated/α-hetero) is 1. The van der Waals surface area contributed by atoms with Crippen LogP contribution >= 0.6 is 11.8 Å². The van der Waals surface area contributed by atoms with E-state index in [4.69, 9.17) is 0 Å². The number of hydrogen-bond acceptors (Lipinski definition) is 2. The Morgan fingerprint density at radius 3 is 2.13 bits per heavy atom. The minimum absolute atomic E-state index is 0.371. The summed E-state index contributed by atoms with van der Waals surface area (Å²) in [5, 5.41) is 0. The molecule has 0 aromatic carbocycles. The number of carbonyl (C=O) groups excluding carboxylic acids is 1. The van der Waals surface area contributed by atoms with Crippen LogP contribution in [-0.4, -0.2) is 17.8 Å². The third kappa shape index (κ3) is 3.82. The van der Waals surface area contributed by atoms with Crippen molar-refractivity contribution in [2.75, 3.05) is 12.0 Å². The van der Waals surface area contributed by atoms with Gasteiger partial charge in [-0.05, 0) is 43.3 Å². The first-order valence-corrected chi connectivity index (χ1v) is 7.36. The first-order valence-electron chi connectivity index (χ1n) is 5.96. The average Bonchev–Trinajstić information content (AvgIpc) is 2.17. The van der Waals surface area contributed by atoms with Gasteiger partial charge in [0.15, 0.2) is 0 Å². The number of rotatable bonds is 3. The Balaban J connectivity index is 2.39. The van der Waals surface area contributed by atoms with Gasteiger partial charge in [-0.1, -0.05) is 20.8 Å². The highest BCUT2D eigenvalue weighted by Crippen LogP contribution is 2.40. The van der Waals surface area contributed by atoms with Crippen molar-refractivity contribution in [1.82, 2.24) is 0 Å². The second kappa shape index (κ2) is 5.38. The fourth-order valence-corrected chi connectivity index (χ4v) is 3.06. The van der Waals surface area contributed by atoms with Crippen LogP contribution in [0.2, 0.25) is 0 Å². The Morgan fingerprint density at radius 1 is 1.20 bits per heavy atom. The molecule has 0 N–H and O–H groups in total. The summed E-state index contributed by atoms with van der Waals surface area (Å²) in [5.41, 5.74) is 0.424. The van der Waals surface area contributed by atoms with Crippen LogP contribution in [0.25, 0.3) is 0 Å². The van der Waals surface area contributed by atoms with Gasteiger partial charge in [0.05, 0.1) is 5.75 Å². The second-order valence-corrected chi connectivity index (χ2v) is 6.68. The van der Waals surface area contributed by atoms with Crippen LogP contribution in [0.5, 0.6) is 0 Å². The predicted octanol–water partition coefficient (Wildman–Crippen LogP) is 3.77. The zero-order valence-electron chi connectivity index (χ0n) is 10.5. The van der Waals surface area contributed by atoms with E-state index in [0.29, 0.717) is 22.9 Å². The Hall–Kier alpha value is 0.0200.